The Bertz CT molecular complexity index is 1050. The van der Waals surface area contributed by atoms with Crippen molar-refractivity contribution in [3.05, 3.63) is 107 Å². The van der Waals surface area contributed by atoms with Gasteiger partial charge in [0.15, 0.2) is 6.10 Å². The standard InChI is InChI=1S/C30H35NO3/c1-29(2,3)24-17-23(18-25(19-24)30(4,5)6)28(33)31-20-26(32)34-27(21-13-9-7-10-14-21)22-15-11-8-12-16-22/h7-19,27H,20H2,1-6H3,(H,31,33). The number of hydrogen-bond acceptors (Lipinski definition) is 3. The molecule has 0 aliphatic rings. The summed E-state index contributed by atoms with van der Waals surface area (Å²) in [6.07, 6.45) is -0.538. The molecule has 3 rings (SSSR count). The van der Waals surface area contributed by atoms with Gasteiger partial charge >= 0.3 is 5.97 Å². The molecule has 0 fully saturated rings. The predicted octanol–water partition coefficient (Wildman–Crippen LogP) is 6.34. The highest BCUT2D eigenvalue weighted by molar-refractivity contribution is 5.96. The summed E-state index contributed by atoms with van der Waals surface area (Å²) in [7, 11) is 0. The molecule has 1 amide bonds. The van der Waals surface area contributed by atoms with Gasteiger partial charge in [-0.3, -0.25) is 9.59 Å². The molecule has 4 nitrogen and oxygen atoms in total. The van der Waals surface area contributed by atoms with Gasteiger partial charge in [-0.1, -0.05) is 108 Å². The van der Waals surface area contributed by atoms with E-state index in [9.17, 15) is 9.59 Å². The van der Waals surface area contributed by atoms with E-state index in [4.69, 9.17) is 4.74 Å². The number of nitrogens with one attached hydrogen (secondary N) is 1. The van der Waals surface area contributed by atoms with Crippen LogP contribution in [-0.4, -0.2) is 18.4 Å². The molecule has 3 aromatic carbocycles. The van der Waals surface area contributed by atoms with E-state index in [0.29, 0.717) is 5.56 Å². The molecule has 0 radical (unpaired) electrons. The summed E-state index contributed by atoms with van der Waals surface area (Å²) in [6.45, 7) is 12.5. The Hall–Kier alpha value is -3.40. The number of carbonyl (C=O) groups is 2. The molecular formula is C30H35NO3. The van der Waals surface area contributed by atoms with Crippen molar-refractivity contribution < 1.29 is 14.3 Å². The van der Waals surface area contributed by atoms with E-state index in [0.717, 1.165) is 22.3 Å². The lowest BCUT2D eigenvalue weighted by atomic mass is 9.79. The van der Waals surface area contributed by atoms with Crippen LogP contribution < -0.4 is 5.32 Å². The minimum atomic E-state index is -0.538. The number of ether oxygens (including phenoxy) is 1. The van der Waals surface area contributed by atoms with Crippen LogP contribution in [-0.2, 0) is 20.4 Å². The lowest BCUT2D eigenvalue weighted by molar-refractivity contribution is -0.146. The van der Waals surface area contributed by atoms with Gasteiger partial charge in [-0.2, -0.15) is 0 Å². The van der Waals surface area contributed by atoms with Gasteiger partial charge in [-0.25, -0.2) is 0 Å². The molecule has 0 aliphatic carbocycles. The number of hydrogen-bond donors (Lipinski definition) is 1. The lowest BCUT2D eigenvalue weighted by Crippen LogP contribution is -2.32. The van der Waals surface area contributed by atoms with Crippen LogP contribution in [0.1, 0.15) is 80.3 Å². The van der Waals surface area contributed by atoms with Crippen molar-refractivity contribution in [3.63, 3.8) is 0 Å². The minimum Gasteiger partial charge on any atom is -0.451 e. The molecule has 0 saturated carbocycles. The molecule has 0 saturated heterocycles. The summed E-state index contributed by atoms with van der Waals surface area (Å²) in [5.41, 5.74) is 4.26. The SMILES string of the molecule is CC(C)(C)c1cc(C(=O)NCC(=O)OC(c2ccccc2)c2ccccc2)cc(C(C)(C)C)c1. The second-order valence-electron chi connectivity index (χ2n) is 10.7. The molecule has 0 aromatic heterocycles. The van der Waals surface area contributed by atoms with Gasteiger partial charge < -0.3 is 10.1 Å². The Labute approximate surface area is 203 Å². The Morgan fingerprint density at radius 1 is 0.735 bits per heavy atom. The van der Waals surface area contributed by atoms with E-state index in [1.807, 2.05) is 72.8 Å². The van der Waals surface area contributed by atoms with Crippen LogP contribution >= 0.6 is 0 Å². The molecule has 0 heterocycles. The van der Waals surface area contributed by atoms with Crippen LogP contribution in [0.3, 0.4) is 0 Å². The quantitative estimate of drug-likeness (QED) is 0.439. The van der Waals surface area contributed by atoms with Crippen molar-refractivity contribution in [2.24, 2.45) is 0 Å². The largest absolute Gasteiger partial charge is 0.451 e. The second-order valence-corrected chi connectivity index (χ2v) is 10.7. The summed E-state index contributed by atoms with van der Waals surface area (Å²) >= 11 is 0. The fourth-order valence-electron chi connectivity index (χ4n) is 3.64. The average Bonchev–Trinajstić information content (AvgIpc) is 2.80. The Balaban J connectivity index is 1.76. The zero-order valence-electron chi connectivity index (χ0n) is 21.0. The topological polar surface area (TPSA) is 55.4 Å². The normalized spacial score (nSPS) is 11.9. The molecule has 0 spiro atoms. The summed E-state index contributed by atoms with van der Waals surface area (Å²) in [5, 5.41) is 2.75. The van der Waals surface area contributed by atoms with Crippen LogP contribution in [0.4, 0.5) is 0 Å². The molecule has 0 atom stereocenters. The summed E-state index contributed by atoms with van der Waals surface area (Å²) in [6, 6.07) is 25.2. The maximum Gasteiger partial charge on any atom is 0.326 e. The predicted molar refractivity (Wildman–Crippen MR) is 137 cm³/mol. The van der Waals surface area contributed by atoms with Gasteiger partial charge in [0.2, 0.25) is 0 Å². The van der Waals surface area contributed by atoms with E-state index in [-0.39, 0.29) is 23.3 Å². The van der Waals surface area contributed by atoms with Gasteiger partial charge in [0.25, 0.3) is 5.91 Å². The average molecular weight is 458 g/mol. The van der Waals surface area contributed by atoms with Crippen LogP contribution in [0.2, 0.25) is 0 Å². The fourth-order valence-corrected chi connectivity index (χ4v) is 3.64. The van der Waals surface area contributed by atoms with E-state index in [1.54, 1.807) is 0 Å². The number of amides is 1. The Morgan fingerprint density at radius 3 is 1.59 bits per heavy atom. The van der Waals surface area contributed by atoms with E-state index >= 15 is 0 Å². The number of carbonyl (C=O) groups excluding carboxylic acids is 2. The van der Waals surface area contributed by atoms with E-state index in [2.05, 4.69) is 52.9 Å². The second kappa shape index (κ2) is 10.3. The first-order valence-corrected chi connectivity index (χ1v) is 11.7. The smallest absolute Gasteiger partial charge is 0.326 e. The fraction of sp³-hybridized carbons (Fsp3) is 0.333. The highest BCUT2D eigenvalue weighted by atomic mass is 16.5. The van der Waals surface area contributed by atoms with Gasteiger partial charge in [0.1, 0.15) is 6.54 Å². The third-order valence-corrected chi connectivity index (χ3v) is 5.77. The van der Waals surface area contributed by atoms with Crippen LogP contribution in [0.25, 0.3) is 0 Å². The molecular weight excluding hydrogens is 422 g/mol. The first-order valence-electron chi connectivity index (χ1n) is 11.7. The summed E-state index contributed by atoms with van der Waals surface area (Å²) < 4.78 is 5.81. The lowest BCUT2D eigenvalue weighted by Gasteiger charge is -2.26. The Morgan fingerprint density at radius 2 is 1.18 bits per heavy atom. The zero-order valence-corrected chi connectivity index (χ0v) is 21.0. The molecule has 3 aromatic rings. The molecule has 34 heavy (non-hydrogen) atoms. The number of esters is 1. The summed E-state index contributed by atoms with van der Waals surface area (Å²) in [5.74, 6) is -0.779. The maximum atomic E-state index is 13.0. The van der Waals surface area contributed by atoms with Gasteiger partial charge in [-0.05, 0) is 45.2 Å². The van der Waals surface area contributed by atoms with Crippen LogP contribution in [0, 0.1) is 0 Å². The van der Waals surface area contributed by atoms with Gasteiger partial charge in [0, 0.05) is 5.56 Å². The van der Waals surface area contributed by atoms with Crippen molar-refractivity contribution in [1.29, 1.82) is 0 Å². The molecule has 0 bridgehead atoms. The molecule has 1 N–H and O–H groups in total. The Kier molecular flexibility index (Phi) is 7.61. The third-order valence-electron chi connectivity index (χ3n) is 5.77. The van der Waals surface area contributed by atoms with Crippen molar-refractivity contribution in [3.8, 4) is 0 Å². The van der Waals surface area contributed by atoms with Crippen molar-refractivity contribution in [2.75, 3.05) is 6.54 Å². The van der Waals surface area contributed by atoms with Crippen molar-refractivity contribution >= 4 is 11.9 Å². The maximum absolute atomic E-state index is 13.0. The highest BCUT2D eigenvalue weighted by Crippen LogP contribution is 2.30. The monoisotopic (exact) mass is 457 g/mol. The first kappa shape index (κ1) is 25.2. The van der Waals surface area contributed by atoms with Gasteiger partial charge in [-0.15, -0.1) is 0 Å². The molecule has 178 valence electrons. The van der Waals surface area contributed by atoms with E-state index in [1.165, 1.54) is 0 Å². The number of rotatable bonds is 6. The van der Waals surface area contributed by atoms with Gasteiger partial charge in [0.05, 0.1) is 0 Å². The zero-order chi connectivity index (χ0) is 24.9. The van der Waals surface area contributed by atoms with Crippen molar-refractivity contribution in [2.45, 2.75) is 58.5 Å². The summed E-state index contributed by atoms with van der Waals surface area (Å²) in [4.78, 5) is 25.8. The van der Waals surface area contributed by atoms with Crippen LogP contribution in [0.5, 0.6) is 0 Å². The van der Waals surface area contributed by atoms with Crippen LogP contribution in [0.15, 0.2) is 78.9 Å². The van der Waals surface area contributed by atoms with Crippen molar-refractivity contribution in [1.82, 2.24) is 5.32 Å². The molecule has 0 unspecified atom stereocenters. The first-order chi connectivity index (χ1) is 15.9. The number of benzene rings is 3. The molecule has 0 aliphatic heterocycles. The minimum absolute atomic E-state index is 0.103. The molecule has 4 heteroatoms. The third kappa shape index (κ3) is 6.57. The van der Waals surface area contributed by atoms with E-state index < -0.39 is 12.1 Å². The highest BCUT2D eigenvalue weighted by Gasteiger charge is 2.23.